The minimum Gasteiger partial charge on any atom is -0.381 e. The Hall–Kier alpha value is -2.35. The van der Waals surface area contributed by atoms with Crippen molar-refractivity contribution in [3.05, 3.63) is 52.3 Å². The molecule has 1 fully saturated rings. The zero-order valence-corrected chi connectivity index (χ0v) is 17.0. The van der Waals surface area contributed by atoms with Gasteiger partial charge in [-0.2, -0.15) is 18.3 Å². The average Bonchev–Trinajstić information content (AvgIpc) is 3.31. The molecule has 0 atom stereocenters. The summed E-state index contributed by atoms with van der Waals surface area (Å²) in [5, 5.41) is 6.69. The Morgan fingerprint density at radius 2 is 1.90 bits per heavy atom. The smallest absolute Gasteiger partial charge is 0.381 e. The van der Waals surface area contributed by atoms with E-state index in [1.807, 2.05) is 6.92 Å². The molecule has 1 aliphatic carbocycles. The van der Waals surface area contributed by atoms with E-state index in [-0.39, 0.29) is 23.4 Å². The number of fused-ring (bicyclic) bond motifs is 1. The Balaban J connectivity index is 1.48. The van der Waals surface area contributed by atoms with Crippen LogP contribution in [0.1, 0.15) is 47.3 Å². The van der Waals surface area contributed by atoms with Crippen molar-refractivity contribution >= 4 is 5.91 Å². The fourth-order valence-electron chi connectivity index (χ4n) is 4.56. The van der Waals surface area contributed by atoms with E-state index in [9.17, 15) is 18.0 Å². The van der Waals surface area contributed by atoms with E-state index in [1.165, 1.54) is 4.68 Å². The topological polar surface area (TPSA) is 56.2 Å². The molecule has 2 aromatic rings. The fourth-order valence-corrected chi connectivity index (χ4v) is 4.56. The monoisotopic (exact) mass is 421 g/mol. The van der Waals surface area contributed by atoms with Crippen LogP contribution in [0.15, 0.2) is 24.3 Å². The number of ether oxygens (including phenoxy) is 1. The third-order valence-electron chi connectivity index (χ3n) is 6.31. The summed E-state index contributed by atoms with van der Waals surface area (Å²) < 4.78 is 46.6. The van der Waals surface area contributed by atoms with Gasteiger partial charge in [0.1, 0.15) is 6.54 Å². The highest BCUT2D eigenvalue weighted by Crippen LogP contribution is 2.37. The normalized spacial score (nSPS) is 18.3. The molecule has 0 spiro atoms. The minimum absolute atomic E-state index is 0.196. The van der Waals surface area contributed by atoms with Gasteiger partial charge in [0.15, 0.2) is 5.69 Å². The summed E-state index contributed by atoms with van der Waals surface area (Å²) in [6.45, 7) is 3.49. The van der Waals surface area contributed by atoms with Crippen molar-refractivity contribution in [3.8, 4) is 0 Å². The van der Waals surface area contributed by atoms with Gasteiger partial charge in [0, 0.05) is 36.4 Å². The van der Waals surface area contributed by atoms with Crippen LogP contribution < -0.4 is 5.32 Å². The molecule has 1 aliphatic heterocycles. The highest BCUT2D eigenvalue weighted by atomic mass is 19.4. The van der Waals surface area contributed by atoms with Crippen LogP contribution in [0, 0.1) is 6.92 Å². The first-order valence-electron chi connectivity index (χ1n) is 10.4. The molecule has 1 saturated heterocycles. The number of nitrogens with zero attached hydrogens (tertiary/aromatic N) is 2. The number of carbonyl (C=O) groups excluding carboxylic acids is 1. The third kappa shape index (κ3) is 4.10. The lowest BCUT2D eigenvalue weighted by Gasteiger charge is -2.38. The van der Waals surface area contributed by atoms with Gasteiger partial charge in [-0.1, -0.05) is 29.8 Å². The van der Waals surface area contributed by atoms with Crippen molar-refractivity contribution in [1.29, 1.82) is 0 Å². The van der Waals surface area contributed by atoms with Crippen molar-refractivity contribution < 1.29 is 22.7 Å². The predicted molar refractivity (Wildman–Crippen MR) is 105 cm³/mol. The summed E-state index contributed by atoms with van der Waals surface area (Å²) in [6, 6.07) is 8.28. The van der Waals surface area contributed by atoms with Gasteiger partial charge in [-0.3, -0.25) is 9.48 Å². The van der Waals surface area contributed by atoms with Crippen LogP contribution in [-0.4, -0.2) is 35.4 Å². The Kier molecular flexibility index (Phi) is 5.61. The second kappa shape index (κ2) is 8.06. The van der Waals surface area contributed by atoms with Crippen LogP contribution in [0.4, 0.5) is 13.2 Å². The zero-order chi connectivity index (χ0) is 21.4. The molecule has 4 rings (SSSR count). The number of aryl methyl sites for hydroxylation is 1. The number of hydrogen-bond acceptors (Lipinski definition) is 3. The molecule has 1 amide bonds. The first-order valence-corrected chi connectivity index (χ1v) is 10.4. The summed E-state index contributed by atoms with van der Waals surface area (Å²) in [6.07, 6.45) is -1.38. The lowest BCUT2D eigenvalue weighted by molar-refractivity contribution is -0.142. The summed E-state index contributed by atoms with van der Waals surface area (Å²) in [5.41, 5.74) is 2.02. The van der Waals surface area contributed by atoms with Crippen LogP contribution in [0.2, 0.25) is 0 Å². The average molecular weight is 421 g/mol. The molecule has 0 saturated carbocycles. The van der Waals surface area contributed by atoms with Crippen molar-refractivity contribution in [2.24, 2.45) is 0 Å². The molecular weight excluding hydrogens is 395 g/mol. The van der Waals surface area contributed by atoms with Crippen molar-refractivity contribution in [2.75, 3.05) is 19.8 Å². The third-order valence-corrected chi connectivity index (χ3v) is 6.31. The summed E-state index contributed by atoms with van der Waals surface area (Å²) in [7, 11) is 0. The van der Waals surface area contributed by atoms with E-state index in [0.717, 1.165) is 24.0 Å². The van der Waals surface area contributed by atoms with Crippen molar-refractivity contribution in [2.45, 2.75) is 57.2 Å². The Bertz CT molecular complexity index is 913. The molecule has 1 N–H and O–H groups in total. The SMILES string of the molecule is Cc1ccc(C2(CNC(=O)Cn3nc(C(F)(F)F)c4c3CCC4)CCOCC2)cc1. The molecule has 1 aromatic heterocycles. The van der Waals surface area contributed by atoms with Crippen LogP contribution in [0.3, 0.4) is 0 Å². The number of alkyl halides is 3. The number of benzene rings is 1. The van der Waals surface area contributed by atoms with Crippen LogP contribution in [0.25, 0.3) is 0 Å². The maximum absolute atomic E-state index is 13.3. The minimum atomic E-state index is -4.49. The predicted octanol–water partition coefficient (Wildman–Crippen LogP) is 3.56. The van der Waals surface area contributed by atoms with Gasteiger partial charge in [0.05, 0.1) is 0 Å². The van der Waals surface area contributed by atoms with E-state index in [0.29, 0.717) is 44.7 Å². The molecule has 30 heavy (non-hydrogen) atoms. The first kappa shape index (κ1) is 20.9. The molecule has 0 radical (unpaired) electrons. The van der Waals surface area contributed by atoms with Crippen molar-refractivity contribution in [1.82, 2.24) is 15.1 Å². The molecule has 8 heteroatoms. The molecular formula is C22H26F3N3O2. The number of rotatable bonds is 5. The number of carbonyl (C=O) groups is 1. The summed E-state index contributed by atoms with van der Waals surface area (Å²) in [4.78, 5) is 12.7. The highest BCUT2D eigenvalue weighted by Gasteiger charge is 2.40. The second-order valence-electron chi connectivity index (χ2n) is 8.32. The number of amides is 1. The largest absolute Gasteiger partial charge is 0.435 e. The van der Waals surface area contributed by atoms with Crippen LogP contribution in [-0.2, 0) is 40.5 Å². The maximum atomic E-state index is 13.3. The Labute approximate surface area is 173 Å². The molecule has 1 aromatic carbocycles. The van der Waals surface area contributed by atoms with Gasteiger partial charge in [0.2, 0.25) is 5.91 Å². The maximum Gasteiger partial charge on any atom is 0.435 e. The van der Waals surface area contributed by atoms with Crippen LogP contribution in [0.5, 0.6) is 0 Å². The highest BCUT2D eigenvalue weighted by molar-refractivity contribution is 5.76. The number of nitrogens with one attached hydrogen (secondary N) is 1. The number of aromatic nitrogens is 2. The van der Waals surface area contributed by atoms with Gasteiger partial charge < -0.3 is 10.1 Å². The van der Waals surface area contributed by atoms with Gasteiger partial charge in [-0.05, 0) is 44.6 Å². The Morgan fingerprint density at radius 1 is 1.20 bits per heavy atom. The van der Waals surface area contributed by atoms with Gasteiger partial charge in [-0.25, -0.2) is 0 Å². The quantitative estimate of drug-likeness (QED) is 0.803. The van der Waals surface area contributed by atoms with E-state index >= 15 is 0 Å². The molecule has 5 nitrogen and oxygen atoms in total. The van der Waals surface area contributed by atoms with E-state index in [2.05, 4.69) is 34.7 Å². The van der Waals surface area contributed by atoms with Gasteiger partial charge in [0.25, 0.3) is 0 Å². The summed E-state index contributed by atoms with van der Waals surface area (Å²) >= 11 is 0. The van der Waals surface area contributed by atoms with E-state index in [1.54, 1.807) is 0 Å². The molecule has 2 heterocycles. The van der Waals surface area contributed by atoms with Crippen molar-refractivity contribution in [3.63, 3.8) is 0 Å². The molecule has 0 unspecified atom stereocenters. The van der Waals surface area contributed by atoms with Gasteiger partial charge >= 0.3 is 6.18 Å². The van der Waals surface area contributed by atoms with Crippen LogP contribution >= 0.6 is 0 Å². The van der Waals surface area contributed by atoms with Gasteiger partial charge in [-0.15, -0.1) is 0 Å². The summed E-state index contributed by atoms with van der Waals surface area (Å²) in [5.74, 6) is -0.320. The lowest BCUT2D eigenvalue weighted by atomic mass is 9.74. The van der Waals surface area contributed by atoms with E-state index < -0.39 is 11.9 Å². The first-order chi connectivity index (χ1) is 14.3. The lowest BCUT2D eigenvalue weighted by Crippen LogP contribution is -2.45. The number of halogens is 3. The fraction of sp³-hybridized carbons (Fsp3) is 0.545. The zero-order valence-electron chi connectivity index (χ0n) is 17.0. The Morgan fingerprint density at radius 3 is 2.57 bits per heavy atom. The second-order valence-corrected chi connectivity index (χ2v) is 8.32. The number of hydrogen-bond donors (Lipinski definition) is 1. The van der Waals surface area contributed by atoms with E-state index in [4.69, 9.17) is 4.74 Å². The molecule has 162 valence electrons. The molecule has 0 bridgehead atoms. The standard InChI is InChI=1S/C22H26F3N3O2/c1-15-5-7-16(8-6-15)21(9-11-30-12-10-21)14-26-19(29)13-28-18-4-2-3-17(18)20(27-28)22(23,24)25/h5-8H,2-4,9-14H2,1H3,(H,26,29). The molecule has 2 aliphatic rings.